The third-order valence-electron chi connectivity index (χ3n) is 5.50. The van der Waals surface area contributed by atoms with Crippen LogP contribution in [0, 0.1) is 5.41 Å². The summed E-state index contributed by atoms with van der Waals surface area (Å²) in [6.45, 7) is 7.63. The van der Waals surface area contributed by atoms with Crippen LogP contribution in [0.25, 0.3) is 0 Å². The molecule has 31 heavy (non-hydrogen) atoms. The second-order valence-electron chi connectivity index (χ2n) is 8.52. The largest absolute Gasteiger partial charge is 0.480 e. The molecule has 0 saturated heterocycles. The number of hydrogen-bond acceptors (Lipinski definition) is 5. The van der Waals surface area contributed by atoms with E-state index in [2.05, 4.69) is 6.92 Å². The number of aliphatic hydroxyl groups is 2. The molecule has 0 aliphatic heterocycles. The first-order chi connectivity index (χ1) is 14.7. The number of aliphatic carboxylic acids is 1. The van der Waals surface area contributed by atoms with Crippen LogP contribution in [0.3, 0.4) is 0 Å². The average Bonchev–Trinajstić information content (AvgIpc) is 2.73. The van der Waals surface area contributed by atoms with E-state index in [0.717, 1.165) is 51.4 Å². The summed E-state index contributed by atoms with van der Waals surface area (Å²) in [4.78, 5) is 37.7. The van der Waals surface area contributed by atoms with Gasteiger partial charge in [0.2, 0.25) is 0 Å². The van der Waals surface area contributed by atoms with Crippen LogP contribution in [-0.2, 0) is 14.4 Å². The molecule has 6 heteroatoms. The predicted molar refractivity (Wildman–Crippen MR) is 125 cm³/mol. The van der Waals surface area contributed by atoms with Gasteiger partial charge in [0.1, 0.15) is 0 Å². The Morgan fingerprint density at radius 1 is 0.710 bits per heavy atom. The van der Waals surface area contributed by atoms with Crippen molar-refractivity contribution in [3.05, 3.63) is 0 Å². The second-order valence-corrected chi connectivity index (χ2v) is 8.52. The van der Waals surface area contributed by atoms with Crippen LogP contribution >= 0.6 is 0 Å². The predicted octanol–water partition coefficient (Wildman–Crippen LogP) is 5.47. The molecule has 0 aromatic rings. The van der Waals surface area contributed by atoms with Crippen LogP contribution < -0.4 is 0 Å². The summed E-state index contributed by atoms with van der Waals surface area (Å²) in [6.07, 6.45) is 11.1. The fraction of sp³-hybridized carbons (Fsp3) is 0.880. The molecule has 0 aromatic carbocycles. The van der Waals surface area contributed by atoms with Gasteiger partial charge in [-0.1, -0.05) is 85.0 Å². The standard InChI is InChI=1S/C22H40O4.C3H8O2/c1-4-7-10-11-12-15-18-22(21(25)26,19(23)16-13-8-5-2)20(24)17-14-9-6-3;1-3(5)2-4/h4-18H2,1-3H3,(H,25,26);3-5H,2H2,1H3. The molecule has 0 amide bonds. The summed E-state index contributed by atoms with van der Waals surface area (Å²) in [6, 6.07) is 0. The third kappa shape index (κ3) is 14.4. The third-order valence-corrected chi connectivity index (χ3v) is 5.50. The van der Waals surface area contributed by atoms with E-state index in [1.807, 2.05) is 13.8 Å². The van der Waals surface area contributed by atoms with Crippen LogP contribution in [0.4, 0.5) is 0 Å². The lowest BCUT2D eigenvalue weighted by atomic mass is 9.72. The van der Waals surface area contributed by atoms with Gasteiger partial charge in [0.05, 0.1) is 12.7 Å². The van der Waals surface area contributed by atoms with Gasteiger partial charge >= 0.3 is 5.97 Å². The van der Waals surface area contributed by atoms with E-state index in [4.69, 9.17) is 10.2 Å². The summed E-state index contributed by atoms with van der Waals surface area (Å²) >= 11 is 0. The minimum absolute atomic E-state index is 0.139. The lowest BCUT2D eigenvalue weighted by Gasteiger charge is -2.27. The molecule has 0 fully saturated rings. The molecule has 0 heterocycles. The normalized spacial score (nSPS) is 12.1. The summed E-state index contributed by atoms with van der Waals surface area (Å²) in [5.41, 5.74) is -1.80. The average molecular weight is 445 g/mol. The molecular weight excluding hydrogens is 396 g/mol. The van der Waals surface area contributed by atoms with Gasteiger partial charge in [-0.05, 0) is 26.2 Å². The zero-order chi connectivity index (χ0) is 24.1. The van der Waals surface area contributed by atoms with Gasteiger partial charge in [0.15, 0.2) is 17.0 Å². The molecule has 0 aromatic heterocycles. The molecule has 0 aliphatic rings. The van der Waals surface area contributed by atoms with Crippen LogP contribution in [0.15, 0.2) is 0 Å². The Morgan fingerprint density at radius 2 is 1.06 bits per heavy atom. The first-order valence-electron chi connectivity index (χ1n) is 12.3. The minimum Gasteiger partial charge on any atom is -0.480 e. The Hall–Kier alpha value is -1.27. The number of hydrogen-bond donors (Lipinski definition) is 3. The Morgan fingerprint density at radius 3 is 1.42 bits per heavy atom. The summed E-state index contributed by atoms with van der Waals surface area (Å²) < 4.78 is 0. The Bertz CT molecular complexity index is 451. The number of carbonyl (C=O) groups excluding carboxylic acids is 2. The number of carbonyl (C=O) groups is 3. The molecule has 1 unspecified atom stereocenters. The van der Waals surface area contributed by atoms with Crippen molar-refractivity contribution in [2.24, 2.45) is 5.41 Å². The molecule has 3 N–H and O–H groups in total. The monoisotopic (exact) mass is 444 g/mol. The second kappa shape index (κ2) is 20.6. The summed E-state index contributed by atoms with van der Waals surface area (Å²) in [5.74, 6) is -1.96. The van der Waals surface area contributed by atoms with E-state index >= 15 is 0 Å². The molecular formula is C25H48O6. The van der Waals surface area contributed by atoms with Gasteiger partial charge in [0, 0.05) is 12.8 Å². The summed E-state index contributed by atoms with van der Waals surface area (Å²) in [7, 11) is 0. The van der Waals surface area contributed by atoms with Crippen molar-refractivity contribution in [3.63, 3.8) is 0 Å². The van der Waals surface area contributed by atoms with Crippen LogP contribution in [-0.4, -0.2) is 45.6 Å². The van der Waals surface area contributed by atoms with E-state index in [9.17, 15) is 19.5 Å². The fourth-order valence-electron chi connectivity index (χ4n) is 3.45. The highest BCUT2D eigenvalue weighted by atomic mass is 16.4. The fourth-order valence-corrected chi connectivity index (χ4v) is 3.45. The van der Waals surface area contributed by atoms with Gasteiger partial charge in [-0.15, -0.1) is 0 Å². The van der Waals surface area contributed by atoms with Gasteiger partial charge in [-0.3, -0.25) is 14.4 Å². The van der Waals surface area contributed by atoms with Crippen molar-refractivity contribution < 1.29 is 29.7 Å². The topological polar surface area (TPSA) is 112 Å². The Kier molecular flexibility index (Phi) is 21.2. The van der Waals surface area contributed by atoms with E-state index in [0.29, 0.717) is 19.3 Å². The highest BCUT2D eigenvalue weighted by Crippen LogP contribution is 2.33. The molecule has 6 nitrogen and oxygen atoms in total. The quantitative estimate of drug-likeness (QED) is 0.180. The smallest absolute Gasteiger partial charge is 0.324 e. The molecule has 0 rings (SSSR count). The van der Waals surface area contributed by atoms with Crippen molar-refractivity contribution in [3.8, 4) is 0 Å². The molecule has 1 atom stereocenters. The number of carboxylic acids is 1. The van der Waals surface area contributed by atoms with E-state index in [-0.39, 0.29) is 37.4 Å². The number of carboxylic acid groups (broad SMARTS) is 1. The number of aliphatic hydroxyl groups excluding tert-OH is 2. The zero-order valence-electron chi connectivity index (χ0n) is 20.5. The Labute approximate surface area is 189 Å². The minimum atomic E-state index is -1.80. The maximum atomic E-state index is 12.8. The van der Waals surface area contributed by atoms with Gasteiger partial charge in [0.25, 0.3) is 0 Å². The highest BCUT2D eigenvalue weighted by molar-refractivity contribution is 6.21. The van der Waals surface area contributed by atoms with Crippen molar-refractivity contribution in [1.82, 2.24) is 0 Å². The van der Waals surface area contributed by atoms with Crippen LogP contribution in [0.2, 0.25) is 0 Å². The molecule has 0 saturated carbocycles. The summed E-state index contributed by atoms with van der Waals surface area (Å²) in [5, 5.41) is 25.9. The molecule has 0 radical (unpaired) electrons. The van der Waals surface area contributed by atoms with Gasteiger partial charge in [-0.25, -0.2) is 0 Å². The van der Waals surface area contributed by atoms with E-state index in [1.54, 1.807) is 0 Å². The van der Waals surface area contributed by atoms with Crippen molar-refractivity contribution in [1.29, 1.82) is 0 Å². The molecule has 0 bridgehead atoms. The first-order valence-corrected chi connectivity index (χ1v) is 12.3. The zero-order valence-corrected chi connectivity index (χ0v) is 20.5. The van der Waals surface area contributed by atoms with Crippen LogP contribution in [0.1, 0.15) is 124 Å². The molecule has 0 aliphatic carbocycles. The van der Waals surface area contributed by atoms with Crippen molar-refractivity contribution >= 4 is 17.5 Å². The van der Waals surface area contributed by atoms with Crippen molar-refractivity contribution in [2.75, 3.05) is 6.61 Å². The number of rotatable bonds is 19. The first kappa shape index (κ1) is 31.9. The van der Waals surface area contributed by atoms with E-state index < -0.39 is 17.5 Å². The molecule has 0 spiro atoms. The molecule has 184 valence electrons. The number of ketones is 2. The van der Waals surface area contributed by atoms with Crippen LogP contribution in [0.5, 0.6) is 0 Å². The van der Waals surface area contributed by atoms with Gasteiger partial charge in [-0.2, -0.15) is 0 Å². The van der Waals surface area contributed by atoms with Gasteiger partial charge < -0.3 is 15.3 Å². The number of unbranched alkanes of at least 4 members (excludes halogenated alkanes) is 9. The lowest BCUT2D eigenvalue weighted by molar-refractivity contribution is -0.160. The maximum Gasteiger partial charge on any atom is 0.324 e. The highest BCUT2D eigenvalue weighted by Gasteiger charge is 2.50. The number of Topliss-reactive ketones (excluding diaryl/α,β-unsaturated/α-hetero) is 2. The van der Waals surface area contributed by atoms with E-state index in [1.165, 1.54) is 13.3 Å². The Balaban J connectivity index is 0. The maximum absolute atomic E-state index is 12.8. The SMILES string of the molecule is CC(O)CO.CCCCCCCCC(C(=O)O)(C(=O)CCCCC)C(=O)CCCCC. The lowest BCUT2D eigenvalue weighted by Crippen LogP contribution is -2.46. The van der Waals surface area contributed by atoms with Crippen molar-refractivity contribution in [2.45, 2.75) is 130 Å².